The molecular formula is C25H25N3O3S. The average Bonchev–Trinajstić information content (AvgIpc) is 3.33. The first-order valence-corrected chi connectivity index (χ1v) is 11.5. The summed E-state index contributed by atoms with van der Waals surface area (Å²) in [6, 6.07) is 14.2. The Morgan fingerprint density at radius 2 is 1.97 bits per heavy atom. The Bertz CT molecular complexity index is 1330. The molecule has 164 valence electrons. The lowest BCUT2D eigenvalue weighted by Crippen LogP contribution is -2.36. The van der Waals surface area contributed by atoms with Gasteiger partial charge in [0.15, 0.2) is 11.5 Å². The summed E-state index contributed by atoms with van der Waals surface area (Å²) in [5.74, 6) is 2.16. The molecule has 32 heavy (non-hydrogen) atoms. The van der Waals surface area contributed by atoms with Gasteiger partial charge in [-0.25, -0.2) is 4.98 Å². The Morgan fingerprint density at radius 3 is 2.72 bits per heavy atom. The van der Waals surface area contributed by atoms with Gasteiger partial charge in [0.25, 0.3) is 5.56 Å². The molecule has 6 nitrogen and oxygen atoms in total. The number of para-hydroxylation sites is 1. The fraction of sp³-hybridized carbons (Fsp3) is 0.280. The van der Waals surface area contributed by atoms with Gasteiger partial charge in [-0.1, -0.05) is 18.2 Å². The summed E-state index contributed by atoms with van der Waals surface area (Å²) in [6.07, 6.45) is 0.883. The van der Waals surface area contributed by atoms with Crippen LogP contribution in [0.2, 0.25) is 0 Å². The zero-order valence-corrected chi connectivity index (χ0v) is 19.2. The smallest absolute Gasteiger partial charge is 0.258 e. The van der Waals surface area contributed by atoms with Gasteiger partial charge in [-0.15, -0.1) is 11.3 Å². The average molecular weight is 448 g/mol. The van der Waals surface area contributed by atoms with Crippen LogP contribution >= 0.6 is 11.3 Å². The standard InChI is InChI=1S/C25H25N3O3S/c1-15-6-4-7-17-23(15)26-22(27-25(17)29)14-28-10-9-16-12-19(30-2)20(31-3)13-18(16)24(28)21-8-5-11-32-21/h4-8,11-13,24H,9-10,14H2,1-3H3,(H,26,27,29)/t24-/m1/s1. The van der Waals surface area contributed by atoms with E-state index in [0.29, 0.717) is 17.8 Å². The van der Waals surface area contributed by atoms with Crippen molar-refractivity contribution in [3.8, 4) is 11.5 Å². The molecule has 1 aliphatic rings. The van der Waals surface area contributed by atoms with Gasteiger partial charge in [-0.2, -0.15) is 0 Å². The molecule has 0 bridgehead atoms. The summed E-state index contributed by atoms with van der Waals surface area (Å²) >= 11 is 1.73. The lowest BCUT2D eigenvalue weighted by molar-refractivity contribution is 0.201. The Labute approximate surface area is 190 Å². The first-order valence-electron chi connectivity index (χ1n) is 10.6. The van der Waals surface area contributed by atoms with E-state index >= 15 is 0 Å². The van der Waals surface area contributed by atoms with Crippen molar-refractivity contribution < 1.29 is 9.47 Å². The molecule has 2 aromatic heterocycles. The van der Waals surface area contributed by atoms with Crippen LogP contribution in [-0.2, 0) is 13.0 Å². The Kier molecular flexibility index (Phi) is 5.45. The third-order valence-corrected chi connectivity index (χ3v) is 7.05. The topological polar surface area (TPSA) is 67.5 Å². The number of nitrogens with one attached hydrogen (secondary N) is 1. The molecule has 2 aromatic carbocycles. The maximum atomic E-state index is 12.7. The minimum atomic E-state index is -0.0924. The van der Waals surface area contributed by atoms with Gasteiger partial charge in [0.1, 0.15) is 5.82 Å². The number of ether oxygens (including phenoxy) is 2. The summed E-state index contributed by atoms with van der Waals surface area (Å²) in [4.78, 5) is 24.2. The third kappa shape index (κ3) is 3.57. The molecule has 4 aromatic rings. The van der Waals surface area contributed by atoms with E-state index in [1.165, 1.54) is 16.0 Å². The van der Waals surface area contributed by atoms with Gasteiger partial charge in [0.2, 0.25) is 0 Å². The number of rotatable bonds is 5. The van der Waals surface area contributed by atoms with E-state index in [0.717, 1.165) is 35.5 Å². The van der Waals surface area contributed by atoms with Crippen LogP contribution in [0.1, 0.15) is 33.4 Å². The summed E-state index contributed by atoms with van der Waals surface area (Å²) < 4.78 is 11.1. The van der Waals surface area contributed by atoms with Crippen LogP contribution in [-0.4, -0.2) is 35.6 Å². The predicted molar refractivity (Wildman–Crippen MR) is 127 cm³/mol. The molecule has 1 atom stereocenters. The SMILES string of the molecule is COc1cc2c(cc1OC)[C@H](c1cccs1)N(Cc1nc3c(C)cccc3c(=O)[nH]1)CC2. The molecule has 0 saturated heterocycles. The largest absolute Gasteiger partial charge is 0.493 e. The zero-order chi connectivity index (χ0) is 22.2. The van der Waals surface area contributed by atoms with Crippen molar-refractivity contribution in [2.45, 2.75) is 25.9 Å². The maximum Gasteiger partial charge on any atom is 0.258 e. The normalized spacial score (nSPS) is 16.2. The second-order valence-corrected chi connectivity index (χ2v) is 9.01. The van der Waals surface area contributed by atoms with E-state index in [1.54, 1.807) is 25.6 Å². The summed E-state index contributed by atoms with van der Waals surface area (Å²) in [6.45, 7) is 3.39. The number of thiophene rings is 1. The number of hydrogen-bond acceptors (Lipinski definition) is 6. The number of benzene rings is 2. The van der Waals surface area contributed by atoms with Crippen LogP contribution in [0.5, 0.6) is 11.5 Å². The van der Waals surface area contributed by atoms with Gasteiger partial charge in [-0.05, 0) is 59.7 Å². The lowest BCUT2D eigenvalue weighted by Gasteiger charge is -2.37. The minimum absolute atomic E-state index is 0.0522. The molecule has 7 heteroatoms. The van der Waals surface area contributed by atoms with E-state index in [2.05, 4.69) is 39.5 Å². The van der Waals surface area contributed by atoms with Crippen molar-refractivity contribution in [1.29, 1.82) is 0 Å². The number of aromatic amines is 1. The highest BCUT2D eigenvalue weighted by atomic mass is 32.1. The first kappa shape index (κ1) is 20.7. The maximum absolute atomic E-state index is 12.7. The van der Waals surface area contributed by atoms with Crippen molar-refractivity contribution in [3.63, 3.8) is 0 Å². The van der Waals surface area contributed by atoms with Crippen LogP contribution in [0.4, 0.5) is 0 Å². The number of aryl methyl sites for hydroxylation is 1. The number of hydrogen-bond donors (Lipinski definition) is 1. The number of aromatic nitrogens is 2. The minimum Gasteiger partial charge on any atom is -0.493 e. The van der Waals surface area contributed by atoms with Gasteiger partial charge in [0.05, 0.1) is 37.7 Å². The first-order chi connectivity index (χ1) is 15.6. The van der Waals surface area contributed by atoms with Gasteiger partial charge in [0, 0.05) is 11.4 Å². The van der Waals surface area contributed by atoms with Crippen molar-refractivity contribution in [1.82, 2.24) is 14.9 Å². The molecule has 0 saturated carbocycles. The second kappa shape index (κ2) is 8.41. The van der Waals surface area contributed by atoms with Crippen molar-refractivity contribution in [2.24, 2.45) is 0 Å². The van der Waals surface area contributed by atoms with Crippen molar-refractivity contribution in [2.75, 3.05) is 20.8 Å². The van der Waals surface area contributed by atoms with Crippen molar-refractivity contribution >= 4 is 22.2 Å². The van der Waals surface area contributed by atoms with Gasteiger partial charge < -0.3 is 14.5 Å². The fourth-order valence-electron chi connectivity index (χ4n) is 4.57. The Morgan fingerprint density at radius 1 is 1.16 bits per heavy atom. The second-order valence-electron chi connectivity index (χ2n) is 8.03. The molecule has 0 spiro atoms. The fourth-order valence-corrected chi connectivity index (χ4v) is 5.44. The number of methoxy groups -OCH3 is 2. The quantitative estimate of drug-likeness (QED) is 0.489. The monoisotopic (exact) mass is 447 g/mol. The Hall–Kier alpha value is -3.16. The van der Waals surface area contributed by atoms with E-state index in [4.69, 9.17) is 14.5 Å². The van der Waals surface area contributed by atoms with Crippen LogP contribution in [0.25, 0.3) is 10.9 Å². The highest BCUT2D eigenvalue weighted by Gasteiger charge is 2.31. The zero-order valence-electron chi connectivity index (χ0n) is 18.3. The lowest BCUT2D eigenvalue weighted by atomic mass is 9.91. The van der Waals surface area contributed by atoms with Crippen LogP contribution < -0.4 is 15.0 Å². The third-order valence-electron chi connectivity index (χ3n) is 6.13. The van der Waals surface area contributed by atoms with E-state index in [-0.39, 0.29) is 11.6 Å². The van der Waals surface area contributed by atoms with Gasteiger partial charge in [-0.3, -0.25) is 9.69 Å². The number of H-pyrrole nitrogens is 1. The summed E-state index contributed by atoms with van der Waals surface area (Å²) in [5, 5.41) is 2.73. The molecular weight excluding hydrogens is 422 g/mol. The van der Waals surface area contributed by atoms with Gasteiger partial charge >= 0.3 is 0 Å². The highest BCUT2D eigenvalue weighted by Crippen LogP contribution is 2.42. The van der Waals surface area contributed by atoms with E-state index < -0.39 is 0 Å². The molecule has 0 amide bonds. The van der Waals surface area contributed by atoms with Crippen molar-refractivity contribution in [3.05, 3.63) is 85.6 Å². The molecule has 3 heterocycles. The molecule has 5 rings (SSSR count). The van der Waals surface area contributed by atoms with Crippen LogP contribution in [0.15, 0.2) is 52.6 Å². The summed E-state index contributed by atoms with van der Waals surface area (Å²) in [5.41, 5.74) is 4.14. The predicted octanol–water partition coefficient (Wildman–Crippen LogP) is 4.46. The summed E-state index contributed by atoms with van der Waals surface area (Å²) in [7, 11) is 3.33. The molecule has 0 aliphatic carbocycles. The molecule has 1 aliphatic heterocycles. The molecule has 1 N–H and O–H groups in total. The van der Waals surface area contributed by atoms with E-state index in [1.807, 2.05) is 25.1 Å². The molecule has 0 radical (unpaired) electrons. The molecule has 0 unspecified atom stereocenters. The van der Waals surface area contributed by atoms with Crippen LogP contribution in [0, 0.1) is 6.92 Å². The molecule has 0 fully saturated rings. The van der Waals surface area contributed by atoms with Crippen LogP contribution in [0.3, 0.4) is 0 Å². The Balaban J connectivity index is 1.58. The van der Waals surface area contributed by atoms with E-state index in [9.17, 15) is 4.79 Å². The number of fused-ring (bicyclic) bond motifs is 2. The number of nitrogens with zero attached hydrogens (tertiary/aromatic N) is 2. The highest BCUT2D eigenvalue weighted by molar-refractivity contribution is 7.10.